The summed E-state index contributed by atoms with van der Waals surface area (Å²) < 4.78 is 10.8. The van der Waals surface area contributed by atoms with Crippen LogP contribution in [0.5, 0.6) is 5.75 Å². The first-order valence-electron chi connectivity index (χ1n) is 8.59. The van der Waals surface area contributed by atoms with Crippen LogP contribution in [-0.4, -0.2) is 42.6 Å². The van der Waals surface area contributed by atoms with Crippen molar-refractivity contribution in [2.75, 3.05) is 19.8 Å². The van der Waals surface area contributed by atoms with E-state index < -0.39 is 0 Å². The number of carbonyl (C=O) groups is 2. The van der Waals surface area contributed by atoms with Gasteiger partial charge in [0.25, 0.3) is 5.91 Å². The van der Waals surface area contributed by atoms with E-state index in [-0.39, 0.29) is 30.4 Å². The van der Waals surface area contributed by atoms with Crippen LogP contribution in [0.3, 0.4) is 0 Å². The van der Waals surface area contributed by atoms with Crippen LogP contribution in [0, 0.1) is 19.8 Å². The highest BCUT2D eigenvalue weighted by Gasteiger charge is 2.35. The van der Waals surface area contributed by atoms with E-state index in [1.54, 1.807) is 18.7 Å². The Morgan fingerprint density at radius 1 is 1.25 bits per heavy atom. The van der Waals surface area contributed by atoms with Crippen LogP contribution in [0.15, 0.2) is 18.2 Å². The Kier molecular flexibility index (Phi) is 6.23. The second-order valence-corrected chi connectivity index (χ2v) is 6.44. The average Bonchev–Trinajstić information content (AvgIpc) is 3.36. The van der Waals surface area contributed by atoms with Crippen molar-refractivity contribution in [1.29, 1.82) is 0 Å². The maximum atomic E-state index is 12.6. The summed E-state index contributed by atoms with van der Waals surface area (Å²) in [5.74, 6) is 0.109. The smallest absolute Gasteiger partial charge is 0.310 e. The Hall–Kier alpha value is -2.04. The zero-order chi connectivity index (χ0) is 17.7. The highest BCUT2D eigenvalue weighted by Crippen LogP contribution is 2.28. The van der Waals surface area contributed by atoms with Crippen LogP contribution in [0.25, 0.3) is 0 Å². The minimum Gasteiger partial charge on any atom is -0.483 e. The lowest BCUT2D eigenvalue weighted by atomic mass is 10.1. The number of benzene rings is 1. The normalized spacial score (nSPS) is 14.8. The van der Waals surface area contributed by atoms with Crippen LogP contribution in [0.4, 0.5) is 0 Å². The van der Waals surface area contributed by atoms with Crippen molar-refractivity contribution in [3.63, 3.8) is 0 Å². The first-order chi connectivity index (χ1) is 11.4. The average molecular weight is 333 g/mol. The highest BCUT2D eigenvalue weighted by atomic mass is 16.5. The van der Waals surface area contributed by atoms with E-state index in [0.29, 0.717) is 13.2 Å². The SMILES string of the molecule is CCOC(=O)C(C)CN(C(=O)COc1c(C)cccc1C)C1CC1. The van der Waals surface area contributed by atoms with Crippen molar-refractivity contribution >= 4 is 11.9 Å². The van der Waals surface area contributed by atoms with Gasteiger partial charge < -0.3 is 14.4 Å². The van der Waals surface area contributed by atoms with Crippen molar-refractivity contribution in [1.82, 2.24) is 4.90 Å². The number of carbonyl (C=O) groups excluding carboxylic acids is 2. The molecule has 1 fully saturated rings. The Morgan fingerprint density at radius 3 is 2.42 bits per heavy atom. The minimum atomic E-state index is -0.324. The lowest BCUT2D eigenvalue weighted by molar-refractivity contribution is -0.149. The van der Waals surface area contributed by atoms with Gasteiger partial charge in [-0.05, 0) is 44.7 Å². The molecule has 24 heavy (non-hydrogen) atoms. The summed E-state index contributed by atoms with van der Waals surface area (Å²) in [4.78, 5) is 26.2. The molecule has 0 aromatic heterocycles. The molecule has 1 aliphatic rings. The molecule has 0 spiro atoms. The first-order valence-corrected chi connectivity index (χ1v) is 8.59. The molecular formula is C19H27NO4. The van der Waals surface area contributed by atoms with Crippen LogP contribution in [0.1, 0.15) is 37.8 Å². The molecule has 1 atom stereocenters. The standard InChI is InChI=1S/C19H27NO4/c1-5-23-19(22)15(4)11-20(16-9-10-16)17(21)12-24-18-13(2)7-6-8-14(18)3/h6-8,15-16H,5,9-12H2,1-4H3. The zero-order valence-corrected chi connectivity index (χ0v) is 15.0. The molecule has 132 valence electrons. The van der Waals surface area contributed by atoms with E-state index in [0.717, 1.165) is 29.7 Å². The summed E-state index contributed by atoms with van der Waals surface area (Å²) in [5, 5.41) is 0. The summed E-state index contributed by atoms with van der Waals surface area (Å²) in [6, 6.07) is 6.13. The monoisotopic (exact) mass is 333 g/mol. The van der Waals surface area contributed by atoms with E-state index >= 15 is 0 Å². The largest absolute Gasteiger partial charge is 0.483 e. The van der Waals surface area contributed by atoms with Gasteiger partial charge in [0.15, 0.2) is 6.61 Å². The van der Waals surface area contributed by atoms with Gasteiger partial charge in [0.1, 0.15) is 5.75 Å². The van der Waals surface area contributed by atoms with E-state index in [1.165, 1.54) is 0 Å². The molecule has 0 saturated heterocycles. The Balaban J connectivity index is 1.96. The van der Waals surface area contributed by atoms with Gasteiger partial charge in [0, 0.05) is 12.6 Å². The summed E-state index contributed by atoms with van der Waals surface area (Å²) in [6.07, 6.45) is 1.98. The van der Waals surface area contributed by atoms with Crippen LogP contribution in [0.2, 0.25) is 0 Å². The van der Waals surface area contributed by atoms with E-state index in [1.807, 2.05) is 32.0 Å². The minimum absolute atomic E-state index is 0.00224. The predicted octanol–water partition coefficient (Wildman–Crippen LogP) is 2.87. The second kappa shape index (κ2) is 8.18. The van der Waals surface area contributed by atoms with Gasteiger partial charge in [0.2, 0.25) is 0 Å². The van der Waals surface area contributed by atoms with Gasteiger partial charge >= 0.3 is 5.97 Å². The molecule has 2 rings (SSSR count). The summed E-state index contributed by atoms with van der Waals surface area (Å²) >= 11 is 0. The fraction of sp³-hybridized carbons (Fsp3) is 0.579. The van der Waals surface area contributed by atoms with Gasteiger partial charge in [-0.1, -0.05) is 25.1 Å². The number of esters is 1. The number of hydrogen-bond donors (Lipinski definition) is 0. The molecule has 1 aliphatic carbocycles. The maximum Gasteiger partial charge on any atom is 0.310 e. The van der Waals surface area contributed by atoms with Crippen molar-refractivity contribution in [3.05, 3.63) is 29.3 Å². The molecule has 0 radical (unpaired) electrons. The third kappa shape index (κ3) is 4.73. The summed E-state index contributed by atoms with van der Waals surface area (Å²) in [5.41, 5.74) is 2.03. The number of para-hydroxylation sites is 1. The third-order valence-electron chi connectivity index (χ3n) is 4.22. The molecule has 1 saturated carbocycles. The van der Waals surface area contributed by atoms with E-state index in [9.17, 15) is 9.59 Å². The first kappa shape index (κ1) is 18.3. The van der Waals surface area contributed by atoms with Gasteiger partial charge in [-0.3, -0.25) is 9.59 Å². The molecule has 1 aromatic rings. The van der Waals surface area contributed by atoms with E-state index in [2.05, 4.69) is 0 Å². The van der Waals surface area contributed by atoms with Crippen molar-refractivity contribution in [3.8, 4) is 5.75 Å². The number of rotatable bonds is 8. The molecule has 1 aromatic carbocycles. The molecule has 0 N–H and O–H groups in total. The Bertz CT molecular complexity index is 575. The fourth-order valence-electron chi connectivity index (χ4n) is 2.74. The molecular weight excluding hydrogens is 306 g/mol. The number of nitrogens with zero attached hydrogens (tertiary/aromatic N) is 1. The molecule has 0 bridgehead atoms. The topological polar surface area (TPSA) is 55.8 Å². The summed E-state index contributed by atoms with van der Waals surface area (Å²) in [6.45, 7) is 8.26. The maximum absolute atomic E-state index is 12.6. The van der Waals surface area contributed by atoms with Crippen LogP contribution < -0.4 is 4.74 Å². The number of aryl methyl sites for hydroxylation is 2. The molecule has 5 nitrogen and oxygen atoms in total. The van der Waals surface area contributed by atoms with E-state index in [4.69, 9.17) is 9.47 Å². The van der Waals surface area contributed by atoms with Crippen LogP contribution in [-0.2, 0) is 14.3 Å². The molecule has 5 heteroatoms. The number of hydrogen-bond acceptors (Lipinski definition) is 4. The Morgan fingerprint density at radius 2 is 1.88 bits per heavy atom. The molecule has 1 unspecified atom stereocenters. The summed E-state index contributed by atoms with van der Waals surface area (Å²) in [7, 11) is 0. The number of amides is 1. The van der Waals surface area contributed by atoms with Crippen LogP contribution >= 0.6 is 0 Å². The van der Waals surface area contributed by atoms with Crippen molar-refractivity contribution in [2.45, 2.75) is 46.6 Å². The quantitative estimate of drug-likeness (QED) is 0.687. The zero-order valence-electron chi connectivity index (χ0n) is 15.0. The van der Waals surface area contributed by atoms with Gasteiger partial charge in [0.05, 0.1) is 12.5 Å². The number of ether oxygens (including phenoxy) is 2. The predicted molar refractivity (Wildman–Crippen MR) is 91.9 cm³/mol. The fourth-order valence-corrected chi connectivity index (χ4v) is 2.74. The molecule has 0 heterocycles. The van der Waals surface area contributed by atoms with Gasteiger partial charge in [-0.2, -0.15) is 0 Å². The highest BCUT2D eigenvalue weighted by molar-refractivity contribution is 5.80. The van der Waals surface area contributed by atoms with Crippen molar-refractivity contribution in [2.24, 2.45) is 5.92 Å². The third-order valence-corrected chi connectivity index (χ3v) is 4.22. The van der Waals surface area contributed by atoms with Gasteiger partial charge in [-0.15, -0.1) is 0 Å². The molecule has 1 amide bonds. The van der Waals surface area contributed by atoms with Gasteiger partial charge in [-0.25, -0.2) is 0 Å². The second-order valence-electron chi connectivity index (χ2n) is 6.44. The lowest BCUT2D eigenvalue weighted by Crippen LogP contribution is -2.41. The molecule has 0 aliphatic heterocycles. The Labute approximate surface area is 143 Å². The van der Waals surface area contributed by atoms with Crippen molar-refractivity contribution < 1.29 is 19.1 Å². The lowest BCUT2D eigenvalue weighted by Gasteiger charge is -2.25.